The summed E-state index contributed by atoms with van der Waals surface area (Å²) in [5.74, 6) is 0.628. The van der Waals surface area contributed by atoms with Gasteiger partial charge in [-0.25, -0.2) is 4.39 Å². The molecule has 2 aromatic rings. The second kappa shape index (κ2) is 6.72. The molecule has 0 spiro atoms. The molecule has 0 saturated carbocycles. The minimum Gasteiger partial charge on any atom is -0.496 e. The number of alkyl halides is 1. The molecule has 1 unspecified atom stereocenters. The first-order valence-corrected chi connectivity index (χ1v) is 7.94. The van der Waals surface area contributed by atoms with E-state index in [1.54, 1.807) is 19.2 Å². The van der Waals surface area contributed by atoms with Crippen LogP contribution < -0.4 is 4.74 Å². The molecule has 0 aliphatic carbocycles. The minimum atomic E-state index is -0.209. The zero-order valence-corrected chi connectivity index (χ0v) is 14.5. The molecule has 0 bridgehead atoms. The lowest BCUT2D eigenvalue weighted by Gasteiger charge is -2.16. The van der Waals surface area contributed by atoms with Gasteiger partial charge >= 0.3 is 0 Å². The highest BCUT2D eigenvalue weighted by Crippen LogP contribution is 2.37. The molecular weight excluding hydrogens is 387 g/mol. The predicted molar refractivity (Wildman–Crippen MR) is 87.2 cm³/mol. The van der Waals surface area contributed by atoms with Gasteiger partial charge in [-0.15, -0.1) is 0 Å². The maximum atomic E-state index is 13.2. The molecule has 4 heteroatoms. The Balaban J connectivity index is 2.29. The van der Waals surface area contributed by atoms with Gasteiger partial charge in [-0.05, 0) is 48.7 Å². The molecule has 1 atom stereocenters. The van der Waals surface area contributed by atoms with Gasteiger partial charge in [-0.1, -0.05) is 44.0 Å². The summed E-state index contributed by atoms with van der Waals surface area (Å²) in [6.45, 7) is 2.02. The van der Waals surface area contributed by atoms with E-state index >= 15 is 0 Å². The van der Waals surface area contributed by atoms with Crippen LogP contribution in [0.4, 0.5) is 4.39 Å². The van der Waals surface area contributed by atoms with Gasteiger partial charge in [0, 0.05) is 14.9 Å². The first kappa shape index (κ1) is 15.5. The minimum absolute atomic E-state index is 0.0659. The van der Waals surface area contributed by atoms with Gasteiger partial charge in [0.1, 0.15) is 11.6 Å². The topological polar surface area (TPSA) is 9.23 Å². The van der Waals surface area contributed by atoms with E-state index in [9.17, 15) is 4.39 Å². The number of benzene rings is 2. The Morgan fingerprint density at radius 1 is 1.25 bits per heavy atom. The fourth-order valence-corrected chi connectivity index (χ4v) is 3.17. The third-order valence-electron chi connectivity index (χ3n) is 3.15. The molecule has 2 aromatic carbocycles. The van der Waals surface area contributed by atoms with E-state index < -0.39 is 0 Å². The maximum Gasteiger partial charge on any atom is 0.123 e. The number of ether oxygens (including phenoxy) is 1. The third-order valence-corrected chi connectivity index (χ3v) is 4.82. The highest BCUT2D eigenvalue weighted by atomic mass is 79.9. The molecular formula is C16H15Br2FO. The number of rotatable bonds is 4. The molecule has 1 nitrogen and oxygen atoms in total. The second-order valence-corrected chi connectivity index (χ2v) is 6.60. The SMILES string of the molecule is COc1cc(C)c(Br)cc1C(Br)Cc1cccc(F)c1. The van der Waals surface area contributed by atoms with E-state index in [4.69, 9.17) is 4.74 Å². The van der Waals surface area contributed by atoms with Crippen molar-refractivity contribution >= 4 is 31.9 Å². The highest BCUT2D eigenvalue weighted by molar-refractivity contribution is 9.10. The Kier molecular flexibility index (Phi) is 5.22. The molecule has 0 aliphatic heterocycles. The van der Waals surface area contributed by atoms with Crippen molar-refractivity contribution in [3.05, 3.63) is 63.4 Å². The van der Waals surface area contributed by atoms with Crippen LogP contribution in [0.1, 0.15) is 21.5 Å². The summed E-state index contributed by atoms with van der Waals surface area (Å²) in [6.07, 6.45) is 0.698. The molecule has 0 radical (unpaired) electrons. The van der Waals surface area contributed by atoms with E-state index in [0.29, 0.717) is 6.42 Å². The summed E-state index contributed by atoms with van der Waals surface area (Å²) in [7, 11) is 1.66. The average molecular weight is 402 g/mol. The van der Waals surface area contributed by atoms with E-state index in [-0.39, 0.29) is 10.6 Å². The number of methoxy groups -OCH3 is 1. The third kappa shape index (κ3) is 3.61. The monoisotopic (exact) mass is 400 g/mol. The summed E-state index contributed by atoms with van der Waals surface area (Å²) in [4.78, 5) is 0.0659. The van der Waals surface area contributed by atoms with Crippen molar-refractivity contribution in [1.29, 1.82) is 0 Å². The van der Waals surface area contributed by atoms with Crippen LogP contribution in [0.3, 0.4) is 0 Å². The van der Waals surface area contributed by atoms with Crippen LogP contribution >= 0.6 is 31.9 Å². The van der Waals surface area contributed by atoms with E-state index in [0.717, 1.165) is 26.9 Å². The molecule has 0 saturated heterocycles. The smallest absolute Gasteiger partial charge is 0.123 e. The van der Waals surface area contributed by atoms with Crippen LogP contribution in [0.2, 0.25) is 0 Å². The number of halogens is 3. The Morgan fingerprint density at radius 3 is 2.65 bits per heavy atom. The van der Waals surface area contributed by atoms with Gasteiger partial charge in [0.25, 0.3) is 0 Å². The van der Waals surface area contributed by atoms with Crippen molar-refractivity contribution in [2.45, 2.75) is 18.2 Å². The zero-order valence-electron chi connectivity index (χ0n) is 11.3. The maximum absolute atomic E-state index is 13.2. The van der Waals surface area contributed by atoms with Crippen molar-refractivity contribution in [3.63, 3.8) is 0 Å². The second-order valence-electron chi connectivity index (χ2n) is 4.64. The molecule has 2 rings (SSSR count). The molecule has 0 amide bonds. The van der Waals surface area contributed by atoms with Crippen LogP contribution in [-0.4, -0.2) is 7.11 Å². The van der Waals surface area contributed by atoms with E-state index in [1.807, 2.05) is 25.1 Å². The predicted octanol–water partition coefficient (Wildman–Crippen LogP) is 5.58. The van der Waals surface area contributed by atoms with Gasteiger partial charge in [0.15, 0.2) is 0 Å². The molecule has 0 N–H and O–H groups in total. The van der Waals surface area contributed by atoms with Gasteiger partial charge in [-0.2, -0.15) is 0 Å². The fraction of sp³-hybridized carbons (Fsp3) is 0.250. The largest absolute Gasteiger partial charge is 0.496 e. The Labute approximate surface area is 135 Å². The Morgan fingerprint density at radius 2 is 2.00 bits per heavy atom. The van der Waals surface area contributed by atoms with Gasteiger partial charge in [0.05, 0.1) is 7.11 Å². The number of hydrogen-bond acceptors (Lipinski definition) is 1. The molecule has 0 aromatic heterocycles. The summed E-state index contributed by atoms with van der Waals surface area (Å²) in [5, 5.41) is 0. The Hall–Kier alpha value is -0.870. The lowest BCUT2D eigenvalue weighted by molar-refractivity contribution is 0.409. The van der Waals surface area contributed by atoms with Crippen molar-refractivity contribution < 1.29 is 9.13 Å². The van der Waals surface area contributed by atoms with Crippen LogP contribution in [0.5, 0.6) is 5.75 Å². The highest BCUT2D eigenvalue weighted by Gasteiger charge is 2.16. The normalized spacial score (nSPS) is 12.2. The molecule has 0 fully saturated rings. The quantitative estimate of drug-likeness (QED) is 0.607. The summed E-state index contributed by atoms with van der Waals surface area (Å²) < 4.78 is 19.7. The first-order valence-electron chi connectivity index (χ1n) is 6.24. The molecule has 106 valence electrons. The lowest BCUT2D eigenvalue weighted by Crippen LogP contribution is -2.00. The summed E-state index contributed by atoms with van der Waals surface area (Å²) in [5.41, 5.74) is 3.12. The standard InChI is InChI=1S/C16H15Br2FO/c1-10-6-16(20-2)13(9-14(10)17)15(18)8-11-4-3-5-12(19)7-11/h3-7,9,15H,8H2,1-2H3. The number of hydrogen-bond donors (Lipinski definition) is 0. The van der Waals surface area contributed by atoms with Crippen molar-refractivity contribution in [2.24, 2.45) is 0 Å². The lowest BCUT2D eigenvalue weighted by atomic mass is 10.0. The van der Waals surface area contributed by atoms with Crippen molar-refractivity contribution in [2.75, 3.05) is 7.11 Å². The average Bonchev–Trinajstić information content (AvgIpc) is 2.41. The van der Waals surface area contributed by atoms with Crippen LogP contribution in [0.15, 0.2) is 40.9 Å². The van der Waals surface area contributed by atoms with Gasteiger partial charge in [0.2, 0.25) is 0 Å². The van der Waals surface area contributed by atoms with Gasteiger partial charge in [-0.3, -0.25) is 0 Å². The van der Waals surface area contributed by atoms with Crippen LogP contribution in [0, 0.1) is 12.7 Å². The fourth-order valence-electron chi connectivity index (χ4n) is 2.07. The van der Waals surface area contributed by atoms with Crippen LogP contribution in [0.25, 0.3) is 0 Å². The zero-order chi connectivity index (χ0) is 14.7. The Bertz CT molecular complexity index is 613. The number of aryl methyl sites for hydroxylation is 1. The summed E-state index contributed by atoms with van der Waals surface area (Å²) in [6, 6.07) is 10.7. The van der Waals surface area contributed by atoms with Crippen LogP contribution in [-0.2, 0) is 6.42 Å². The van der Waals surface area contributed by atoms with E-state index in [2.05, 4.69) is 31.9 Å². The molecule has 0 heterocycles. The van der Waals surface area contributed by atoms with Gasteiger partial charge < -0.3 is 4.74 Å². The van der Waals surface area contributed by atoms with E-state index in [1.165, 1.54) is 6.07 Å². The first-order chi connectivity index (χ1) is 9.51. The molecule has 0 aliphatic rings. The molecule has 20 heavy (non-hydrogen) atoms. The summed E-state index contributed by atoms with van der Waals surface area (Å²) >= 11 is 7.21. The van der Waals surface area contributed by atoms with Crippen molar-refractivity contribution in [1.82, 2.24) is 0 Å². The van der Waals surface area contributed by atoms with Crippen molar-refractivity contribution in [3.8, 4) is 5.75 Å².